The van der Waals surface area contributed by atoms with E-state index in [9.17, 15) is 14.4 Å². The van der Waals surface area contributed by atoms with Crippen LogP contribution in [-0.4, -0.2) is 37.2 Å². The van der Waals surface area contributed by atoms with Gasteiger partial charge in [-0.25, -0.2) is 10.2 Å². The van der Waals surface area contributed by atoms with E-state index in [0.717, 1.165) is 10.0 Å². The van der Waals surface area contributed by atoms with Crippen LogP contribution in [0.15, 0.2) is 107 Å². The molecule has 4 aromatic rings. The summed E-state index contributed by atoms with van der Waals surface area (Å²) >= 11 is 3.40. The van der Waals surface area contributed by atoms with Crippen LogP contribution in [0.4, 0.5) is 5.69 Å². The molecule has 0 aromatic heterocycles. The lowest BCUT2D eigenvalue weighted by molar-refractivity contribution is -0.128. The summed E-state index contributed by atoms with van der Waals surface area (Å²) < 4.78 is 17.4. The lowest BCUT2D eigenvalue weighted by atomic mass is 10.1. The first-order valence-electron chi connectivity index (χ1n) is 13.7. The summed E-state index contributed by atoms with van der Waals surface area (Å²) in [5.41, 5.74) is 4.85. The van der Waals surface area contributed by atoms with Gasteiger partial charge >= 0.3 is 5.97 Å². The van der Waals surface area contributed by atoms with Crippen molar-refractivity contribution >= 4 is 51.7 Å². The molecule has 0 atom stereocenters. The van der Waals surface area contributed by atoms with Gasteiger partial charge in [-0.3, -0.25) is 9.59 Å². The Balaban J connectivity index is 1.40. The number of amides is 2. The van der Waals surface area contributed by atoms with Crippen LogP contribution in [0.5, 0.6) is 17.2 Å². The van der Waals surface area contributed by atoms with Crippen molar-refractivity contribution in [2.45, 2.75) is 13.8 Å². The second-order valence-electron chi connectivity index (χ2n) is 9.11. The monoisotopic (exact) mass is 655 g/mol. The topological polar surface area (TPSA) is 115 Å². The lowest BCUT2D eigenvalue weighted by Gasteiger charge is -2.12. The summed E-state index contributed by atoms with van der Waals surface area (Å²) in [5.74, 6) is -0.150. The van der Waals surface area contributed by atoms with E-state index in [-0.39, 0.29) is 17.2 Å². The largest absolute Gasteiger partial charge is 0.490 e. The molecule has 0 saturated carbocycles. The molecule has 0 spiro atoms. The van der Waals surface area contributed by atoms with Crippen molar-refractivity contribution in [3.05, 3.63) is 124 Å². The molecule has 10 heteroatoms. The van der Waals surface area contributed by atoms with Crippen molar-refractivity contribution in [3.8, 4) is 17.2 Å². The van der Waals surface area contributed by atoms with Gasteiger partial charge in [-0.15, -0.1) is 0 Å². The number of ether oxygens (including phenoxy) is 3. The summed E-state index contributed by atoms with van der Waals surface area (Å²) in [7, 11) is 0. The summed E-state index contributed by atoms with van der Waals surface area (Å²) in [4.78, 5) is 38.2. The quantitative estimate of drug-likeness (QED) is 0.0565. The Bertz CT molecular complexity index is 1690. The first-order chi connectivity index (χ1) is 21.4. The van der Waals surface area contributed by atoms with Crippen molar-refractivity contribution < 1.29 is 28.6 Å². The van der Waals surface area contributed by atoms with Crippen LogP contribution in [0.2, 0.25) is 0 Å². The summed E-state index contributed by atoms with van der Waals surface area (Å²) in [6.45, 7) is 4.60. The zero-order chi connectivity index (χ0) is 31.3. The number of esters is 1. The Morgan fingerprint density at radius 1 is 0.773 bits per heavy atom. The first-order valence-corrected chi connectivity index (χ1v) is 14.5. The van der Waals surface area contributed by atoms with E-state index < -0.39 is 11.9 Å². The molecule has 4 aromatic carbocycles. The zero-order valence-electron chi connectivity index (χ0n) is 24.1. The maximum atomic E-state index is 12.9. The number of rotatable bonds is 12. The number of anilines is 1. The highest BCUT2D eigenvalue weighted by Gasteiger charge is 2.13. The Hall–Kier alpha value is -5.22. The molecule has 0 saturated heterocycles. The predicted octanol–water partition coefficient (Wildman–Crippen LogP) is 6.88. The van der Waals surface area contributed by atoms with Gasteiger partial charge in [0, 0.05) is 32.9 Å². The third-order valence-corrected chi connectivity index (χ3v) is 6.45. The average molecular weight is 657 g/mol. The van der Waals surface area contributed by atoms with Gasteiger partial charge in [0.1, 0.15) is 5.75 Å². The standard InChI is InChI=1S/C34H30BrN3O6/c1-3-42-30-16-14-25(21-31(30)43-4-2)33(40)37-28-12-8-11-24(20-28)34(41)38-36-22-26-19-27(35)15-17-29(26)44-32(39)18-13-23-9-6-5-7-10-23/h5-22H,3-4H2,1-2H3,(H,37,40)(H,38,41)/b18-13+,36-22?. The van der Waals surface area contributed by atoms with E-state index in [1.807, 2.05) is 44.2 Å². The Kier molecular flexibility index (Phi) is 11.4. The molecule has 0 unspecified atom stereocenters. The number of hydrazone groups is 1. The van der Waals surface area contributed by atoms with E-state index in [2.05, 4.69) is 31.8 Å². The number of benzene rings is 4. The number of carbonyl (C=O) groups is 3. The van der Waals surface area contributed by atoms with Crippen LogP contribution in [0, 0.1) is 0 Å². The molecule has 0 heterocycles. The van der Waals surface area contributed by atoms with Gasteiger partial charge in [-0.2, -0.15) is 5.10 Å². The van der Waals surface area contributed by atoms with Gasteiger partial charge in [0.15, 0.2) is 11.5 Å². The predicted molar refractivity (Wildman–Crippen MR) is 173 cm³/mol. The van der Waals surface area contributed by atoms with Gasteiger partial charge < -0.3 is 19.5 Å². The molecule has 224 valence electrons. The Morgan fingerprint density at radius 3 is 2.27 bits per heavy atom. The number of carbonyl (C=O) groups excluding carboxylic acids is 3. The third-order valence-electron chi connectivity index (χ3n) is 5.95. The van der Waals surface area contributed by atoms with E-state index in [0.29, 0.717) is 41.5 Å². The SMILES string of the molecule is CCOc1ccc(C(=O)Nc2cccc(C(=O)NN=Cc3cc(Br)ccc3OC(=O)/C=C/c3ccccc3)c2)cc1OCC. The fraction of sp³-hybridized carbons (Fsp3) is 0.118. The van der Waals surface area contributed by atoms with Crippen LogP contribution in [0.1, 0.15) is 45.7 Å². The highest BCUT2D eigenvalue weighted by Crippen LogP contribution is 2.29. The summed E-state index contributed by atoms with van der Waals surface area (Å²) in [6, 6.07) is 25.8. The molecule has 0 aliphatic carbocycles. The smallest absolute Gasteiger partial charge is 0.336 e. The minimum Gasteiger partial charge on any atom is -0.490 e. The second-order valence-corrected chi connectivity index (χ2v) is 10.0. The Morgan fingerprint density at radius 2 is 1.50 bits per heavy atom. The van der Waals surface area contributed by atoms with Crippen molar-refractivity contribution in [1.82, 2.24) is 5.43 Å². The van der Waals surface area contributed by atoms with E-state index >= 15 is 0 Å². The summed E-state index contributed by atoms with van der Waals surface area (Å²) in [5, 5.41) is 6.84. The lowest BCUT2D eigenvalue weighted by Crippen LogP contribution is -2.18. The molecule has 0 fully saturated rings. The van der Waals surface area contributed by atoms with Crippen LogP contribution in [0.3, 0.4) is 0 Å². The third kappa shape index (κ3) is 9.14. The van der Waals surface area contributed by atoms with Gasteiger partial charge in [0.05, 0.1) is 19.4 Å². The highest BCUT2D eigenvalue weighted by molar-refractivity contribution is 9.10. The summed E-state index contributed by atoms with van der Waals surface area (Å²) in [6.07, 6.45) is 4.36. The minimum atomic E-state index is -0.562. The first kappa shape index (κ1) is 31.7. The molecular weight excluding hydrogens is 626 g/mol. The van der Waals surface area contributed by atoms with Crippen LogP contribution in [0.25, 0.3) is 6.08 Å². The molecule has 0 bridgehead atoms. The van der Waals surface area contributed by atoms with Gasteiger partial charge in [0.2, 0.25) is 0 Å². The molecule has 9 nitrogen and oxygen atoms in total. The molecular formula is C34H30BrN3O6. The zero-order valence-corrected chi connectivity index (χ0v) is 25.7. The van der Waals surface area contributed by atoms with Crippen molar-refractivity contribution in [3.63, 3.8) is 0 Å². The highest BCUT2D eigenvalue weighted by atomic mass is 79.9. The number of nitrogens with one attached hydrogen (secondary N) is 2. The molecule has 0 radical (unpaired) electrons. The van der Waals surface area contributed by atoms with E-state index in [1.165, 1.54) is 18.4 Å². The van der Waals surface area contributed by atoms with Crippen LogP contribution < -0.4 is 25.0 Å². The average Bonchev–Trinajstić information content (AvgIpc) is 3.03. The van der Waals surface area contributed by atoms with Crippen molar-refractivity contribution in [1.29, 1.82) is 0 Å². The fourth-order valence-corrected chi connectivity index (χ4v) is 4.32. The normalized spacial score (nSPS) is 10.9. The van der Waals surface area contributed by atoms with Crippen molar-refractivity contribution in [2.75, 3.05) is 18.5 Å². The second kappa shape index (κ2) is 15.9. The number of hydrogen-bond acceptors (Lipinski definition) is 7. The number of halogens is 1. The molecule has 2 amide bonds. The number of nitrogens with zero attached hydrogens (tertiary/aromatic N) is 1. The Labute approximate surface area is 263 Å². The minimum absolute atomic E-state index is 0.264. The maximum Gasteiger partial charge on any atom is 0.336 e. The van der Waals surface area contributed by atoms with E-state index in [4.69, 9.17) is 14.2 Å². The van der Waals surface area contributed by atoms with Crippen molar-refractivity contribution in [2.24, 2.45) is 5.10 Å². The van der Waals surface area contributed by atoms with Gasteiger partial charge in [-0.05, 0) is 80.1 Å². The number of hydrogen-bond donors (Lipinski definition) is 2. The fourth-order valence-electron chi connectivity index (χ4n) is 3.94. The van der Waals surface area contributed by atoms with Gasteiger partial charge in [-0.1, -0.05) is 52.3 Å². The van der Waals surface area contributed by atoms with E-state index in [1.54, 1.807) is 60.7 Å². The van der Waals surface area contributed by atoms with Gasteiger partial charge in [0.25, 0.3) is 11.8 Å². The molecule has 4 rings (SSSR count). The van der Waals surface area contributed by atoms with Crippen LogP contribution in [-0.2, 0) is 4.79 Å². The molecule has 0 aliphatic heterocycles. The van der Waals surface area contributed by atoms with Crippen LogP contribution >= 0.6 is 15.9 Å². The molecule has 2 N–H and O–H groups in total. The molecule has 0 aliphatic rings. The maximum absolute atomic E-state index is 12.9. The molecule has 44 heavy (non-hydrogen) atoms.